The van der Waals surface area contributed by atoms with Gasteiger partial charge in [0.2, 0.25) is 0 Å². The zero-order chi connectivity index (χ0) is 15.5. The molecule has 120 valence electrons. The summed E-state index contributed by atoms with van der Waals surface area (Å²) in [6.07, 6.45) is 3.64. The van der Waals surface area contributed by atoms with Gasteiger partial charge < -0.3 is 14.8 Å². The number of rotatable bonds is 11. The molecule has 0 fully saturated rings. The van der Waals surface area contributed by atoms with Crippen molar-refractivity contribution in [3.8, 4) is 5.75 Å². The van der Waals surface area contributed by atoms with Gasteiger partial charge in [-0.1, -0.05) is 19.1 Å². The van der Waals surface area contributed by atoms with Gasteiger partial charge in [-0.3, -0.25) is 0 Å². The highest BCUT2D eigenvalue weighted by molar-refractivity contribution is 5.28. The molecule has 1 atom stereocenters. The van der Waals surface area contributed by atoms with Gasteiger partial charge in [0.25, 0.3) is 0 Å². The van der Waals surface area contributed by atoms with Gasteiger partial charge in [-0.05, 0) is 69.8 Å². The molecule has 0 aliphatic carbocycles. The third kappa shape index (κ3) is 8.08. The average molecular weight is 293 g/mol. The minimum Gasteiger partial charge on any atom is -0.497 e. The first-order valence-corrected chi connectivity index (χ1v) is 8.11. The summed E-state index contributed by atoms with van der Waals surface area (Å²) in [4.78, 5) is 0. The zero-order valence-electron chi connectivity index (χ0n) is 14.0. The van der Waals surface area contributed by atoms with Crippen LogP contribution in [0.4, 0.5) is 0 Å². The third-order valence-corrected chi connectivity index (χ3v) is 3.50. The standard InChI is InChI=1S/C18H31NO2/c1-5-10-19-14-17(9-11-21-15(2)3)12-16-7-6-8-18(13-16)20-4/h6-8,13,15,17,19H,5,9-12,14H2,1-4H3. The quantitative estimate of drug-likeness (QED) is 0.632. The van der Waals surface area contributed by atoms with E-state index in [0.717, 1.165) is 38.3 Å². The fourth-order valence-corrected chi connectivity index (χ4v) is 2.36. The van der Waals surface area contributed by atoms with E-state index >= 15 is 0 Å². The Kier molecular flexibility index (Phi) is 9.11. The molecule has 1 unspecified atom stereocenters. The van der Waals surface area contributed by atoms with Crippen LogP contribution < -0.4 is 10.1 Å². The van der Waals surface area contributed by atoms with Crippen LogP contribution in [0.5, 0.6) is 5.75 Å². The smallest absolute Gasteiger partial charge is 0.119 e. The Bertz CT molecular complexity index is 379. The number of benzene rings is 1. The van der Waals surface area contributed by atoms with Crippen molar-refractivity contribution >= 4 is 0 Å². The van der Waals surface area contributed by atoms with Crippen molar-refractivity contribution in [2.75, 3.05) is 26.8 Å². The first kappa shape index (κ1) is 18.0. The van der Waals surface area contributed by atoms with E-state index in [4.69, 9.17) is 9.47 Å². The molecule has 1 rings (SSSR count). The second-order valence-corrected chi connectivity index (χ2v) is 5.83. The molecular weight excluding hydrogens is 262 g/mol. The lowest BCUT2D eigenvalue weighted by Gasteiger charge is -2.19. The van der Waals surface area contributed by atoms with Crippen LogP contribution in [0.15, 0.2) is 24.3 Å². The molecule has 0 radical (unpaired) electrons. The molecule has 0 aromatic heterocycles. The molecule has 1 aromatic carbocycles. The maximum Gasteiger partial charge on any atom is 0.119 e. The summed E-state index contributed by atoms with van der Waals surface area (Å²) in [5.41, 5.74) is 1.34. The molecule has 21 heavy (non-hydrogen) atoms. The molecule has 0 spiro atoms. The number of ether oxygens (including phenoxy) is 2. The summed E-state index contributed by atoms with van der Waals surface area (Å²) < 4.78 is 11.0. The lowest BCUT2D eigenvalue weighted by Crippen LogP contribution is -2.26. The van der Waals surface area contributed by atoms with Gasteiger partial charge in [-0.2, -0.15) is 0 Å². The van der Waals surface area contributed by atoms with Crippen molar-refractivity contribution in [3.05, 3.63) is 29.8 Å². The van der Waals surface area contributed by atoms with Crippen molar-refractivity contribution in [2.24, 2.45) is 5.92 Å². The van der Waals surface area contributed by atoms with Crippen LogP contribution in [0, 0.1) is 5.92 Å². The molecule has 3 nitrogen and oxygen atoms in total. The third-order valence-electron chi connectivity index (χ3n) is 3.50. The highest BCUT2D eigenvalue weighted by atomic mass is 16.5. The molecule has 0 heterocycles. The minimum absolute atomic E-state index is 0.311. The number of nitrogens with one attached hydrogen (secondary N) is 1. The Labute approximate surface area is 130 Å². The lowest BCUT2D eigenvalue weighted by atomic mass is 9.96. The van der Waals surface area contributed by atoms with Crippen LogP contribution in [0.2, 0.25) is 0 Å². The molecule has 1 N–H and O–H groups in total. The molecular formula is C18H31NO2. The van der Waals surface area contributed by atoms with Crippen molar-refractivity contribution < 1.29 is 9.47 Å². The van der Waals surface area contributed by atoms with Gasteiger partial charge in [0.15, 0.2) is 0 Å². The highest BCUT2D eigenvalue weighted by Gasteiger charge is 2.11. The van der Waals surface area contributed by atoms with Crippen molar-refractivity contribution in [2.45, 2.75) is 46.1 Å². The van der Waals surface area contributed by atoms with Gasteiger partial charge in [-0.15, -0.1) is 0 Å². The van der Waals surface area contributed by atoms with Crippen LogP contribution in [0.1, 0.15) is 39.2 Å². The summed E-state index contributed by atoms with van der Waals surface area (Å²) in [6, 6.07) is 8.37. The van der Waals surface area contributed by atoms with Gasteiger partial charge in [0.1, 0.15) is 5.75 Å². The summed E-state index contributed by atoms with van der Waals surface area (Å²) in [7, 11) is 1.72. The number of methoxy groups -OCH3 is 1. The lowest BCUT2D eigenvalue weighted by molar-refractivity contribution is 0.0683. The largest absolute Gasteiger partial charge is 0.497 e. The second-order valence-electron chi connectivity index (χ2n) is 5.83. The molecule has 0 saturated carbocycles. The molecule has 3 heteroatoms. The predicted molar refractivity (Wildman–Crippen MR) is 89.1 cm³/mol. The number of hydrogen-bond donors (Lipinski definition) is 1. The zero-order valence-corrected chi connectivity index (χ0v) is 14.0. The van der Waals surface area contributed by atoms with E-state index in [1.165, 1.54) is 12.0 Å². The van der Waals surface area contributed by atoms with Crippen LogP contribution in [-0.2, 0) is 11.2 Å². The topological polar surface area (TPSA) is 30.5 Å². The molecule has 0 aliphatic heterocycles. The number of hydrogen-bond acceptors (Lipinski definition) is 3. The predicted octanol–water partition coefficient (Wildman–Crippen LogP) is 3.67. The maximum atomic E-state index is 5.71. The van der Waals surface area contributed by atoms with Gasteiger partial charge >= 0.3 is 0 Å². The van der Waals surface area contributed by atoms with Gasteiger partial charge in [0, 0.05) is 6.61 Å². The van der Waals surface area contributed by atoms with Crippen LogP contribution in [0.25, 0.3) is 0 Å². The Hall–Kier alpha value is -1.06. The Morgan fingerprint density at radius 3 is 2.71 bits per heavy atom. The van der Waals surface area contributed by atoms with Crippen LogP contribution in [-0.4, -0.2) is 32.9 Å². The average Bonchev–Trinajstić information content (AvgIpc) is 2.47. The van der Waals surface area contributed by atoms with E-state index in [-0.39, 0.29) is 0 Å². The van der Waals surface area contributed by atoms with E-state index in [0.29, 0.717) is 12.0 Å². The van der Waals surface area contributed by atoms with E-state index < -0.39 is 0 Å². The minimum atomic E-state index is 0.311. The second kappa shape index (κ2) is 10.6. The summed E-state index contributed by atoms with van der Waals surface area (Å²) in [5.74, 6) is 1.54. The first-order chi connectivity index (χ1) is 10.2. The fraction of sp³-hybridized carbons (Fsp3) is 0.667. The molecule has 1 aromatic rings. The SMILES string of the molecule is CCCNCC(CCOC(C)C)Cc1cccc(OC)c1. The van der Waals surface area contributed by atoms with E-state index in [2.05, 4.69) is 44.3 Å². The Balaban J connectivity index is 2.52. The summed E-state index contributed by atoms with van der Waals surface area (Å²) >= 11 is 0. The van der Waals surface area contributed by atoms with Crippen molar-refractivity contribution in [1.29, 1.82) is 0 Å². The van der Waals surface area contributed by atoms with E-state index in [1.807, 2.05) is 6.07 Å². The molecule has 0 amide bonds. The first-order valence-electron chi connectivity index (χ1n) is 8.11. The van der Waals surface area contributed by atoms with Gasteiger partial charge in [-0.25, -0.2) is 0 Å². The van der Waals surface area contributed by atoms with E-state index in [1.54, 1.807) is 7.11 Å². The summed E-state index contributed by atoms with van der Waals surface area (Å²) in [5, 5.41) is 3.54. The molecule has 0 aliphatic rings. The van der Waals surface area contributed by atoms with Crippen LogP contribution >= 0.6 is 0 Å². The molecule has 0 bridgehead atoms. The van der Waals surface area contributed by atoms with Gasteiger partial charge in [0.05, 0.1) is 13.2 Å². The van der Waals surface area contributed by atoms with E-state index in [9.17, 15) is 0 Å². The van der Waals surface area contributed by atoms with Crippen LogP contribution in [0.3, 0.4) is 0 Å². The molecule has 0 saturated heterocycles. The Morgan fingerprint density at radius 2 is 2.05 bits per heavy atom. The monoisotopic (exact) mass is 293 g/mol. The maximum absolute atomic E-state index is 5.71. The fourth-order valence-electron chi connectivity index (χ4n) is 2.36. The highest BCUT2D eigenvalue weighted by Crippen LogP contribution is 2.17. The summed E-state index contributed by atoms with van der Waals surface area (Å²) in [6.45, 7) is 9.34. The van der Waals surface area contributed by atoms with Crippen molar-refractivity contribution in [3.63, 3.8) is 0 Å². The van der Waals surface area contributed by atoms with Crippen molar-refractivity contribution in [1.82, 2.24) is 5.32 Å². The normalized spacial score (nSPS) is 12.6. The Morgan fingerprint density at radius 1 is 1.24 bits per heavy atom.